The number of hydrogen-bond acceptors (Lipinski definition) is 5. The van der Waals surface area contributed by atoms with Crippen molar-refractivity contribution in [2.75, 3.05) is 39.4 Å². The predicted molar refractivity (Wildman–Crippen MR) is 60.8 cm³/mol. The van der Waals surface area contributed by atoms with Gasteiger partial charge in [-0.1, -0.05) is 0 Å². The number of alkyl carbamates (subject to hydrolysis) is 1. The summed E-state index contributed by atoms with van der Waals surface area (Å²) in [4.78, 5) is 23.7. The van der Waals surface area contributed by atoms with Gasteiger partial charge in [0.25, 0.3) is 0 Å². The van der Waals surface area contributed by atoms with Crippen LogP contribution in [0, 0.1) is 0 Å². The number of halogens is 3. The average Bonchev–Trinajstić information content (AvgIpc) is 2.36. The summed E-state index contributed by atoms with van der Waals surface area (Å²) < 4.78 is 44.4. The van der Waals surface area contributed by atoms with Crippen LogP contribution in [0.25, 0.3) is 0 Å². The van der Waals surface area contributed by atoms with Gasteiger partial charge in [-0.05, 0) is 0 Å². The summed E-state index contributed by atoms with van der Waals surface area (Å²) in [5, 5.41) is 2.19. The van der Waals surface area contributed by atoms with Crippen molar-refractivity contribution in [3.05, 3.63) is 0 Å². The van der Waals surface area contributed by atoms with Crippen molar-refractivity contribution < 1.29 is 32.2 Å². The van der Waals surface area contributed by atoms with Gasteiger partial charge in [-0.25, -0.2) is 4.79 Å². The summed E-state index contributed by atoms with van der Waals surface area (Å²) in [6, 6.07) is 0. The molecule has 1 rings (SSSR count). The number of ether oxygens (including phenoxy) is 2. The standard InChI is InChI=1S/C10H16F3N3O4/c11-10(12,13)6-20-9(18)15-1-2-16-3-4-19-7(5-16)8(14)17/h7H,1-6H2,(H2,14,17)(H,15,18)/t7-/m0/s1. The van der Waals surface area contributed by atoms with E-state index in [-0.39, 0.29) is 13.1 Å². The molecule has 0 spiro atoms. The molecule has 0 aromatic heterocycles. The van der Waals surface area contributed by atoms with Gasteiger partial charge in [0.2, 0.25) is 5.91 Å². The van der Waals surface area contributed by atoms with E-state index in [1.165, 1.54) is 0 Å². The molecule has 1 saturated heterocycles. The van der Waals surface area contributed by atoms with Gasteiger partial charge in [0.05, 0.1) is 6.61 Å². The number of rotatable bonds is 5. The molecule has 1 aliphatic heterocycles. The second-order valence-electron chi connectivity index (χ2n) is 4.18. The summed E-state index contributed by atoms with van der Waals surface area (Å²) in [6.07, 6.45) is -6.39. The van der Waals surface area contributed by atoms with Crippen LogP contribution in [-0.4, -0.2) is 68.6 Å². The molecule has 7 nitrogen and oxygen atoms in total. The topological polar surface area (TPSA) is 93.9 Å². The summed E-state index contributed by atoms with van der Waals surface area (Å²) in [5.74, 6) is -0.577. The molecule has 1 aliphatic rings. The molecule has 0 radical (unpaired) electrons. The van der Waals surface area contributed by atoms with E-state index < -0.39 is 30.9 Å². The van der Waals surface area contributed by atoms with E-state index in [1.807, 2.05) is 4.90 Å². The van der Waals surface area contributed by atoms with Crippen LogP contribution in [0.2, 0.25) is 0 Å². The maximum absolute atomic E-state index is 11.8. The highest BCUT2D eigenvalue weighted by Gasteiger charge is 2.29. The summed E-state index contributed by atoms with van der Waals surface area (Å²) >= 11 is 0. The maximum atomic E-state index is 11.8. The Morgan fingerprint density at radius 3 is 2.75 bits per heavy atom. The third-order valence-electron chi connectivity index (χ3n) is 2.53. The Kier molecular flexibility index (Phi) is 6.02. The predicted octanol–water partition coefficient (Wildman–Crippen LogP) is -0.539. The minimum atomic E-state index is -4.55. The van der Waals surface area contributed by atoms with E-state index in [1.54, 1.807) is 0 Å². The second-order valence-corrected chi connectivity index (χ2v) is 4.18. The highest BCUT2D eigenvalue weighted by Crippen LogP contribution is 2.14. The third-order valence-corrected chi connectivity index (χ3v) is 2.53. The van der Waals surface area contributed by atoms with Crippen molar-refractivity contribution in [3.8, 4) is 0 Å². The number of carbonyl (C=O) groups is 2. The number of nitrogens with two attached hydrogens (primary N) is 1. The summed E-state index contributed by atoms with van der Waals surface area (Å²) in [5.41, 5.74) is 5.10. The molecule has 116 valence electrons. The third kappa shape index (κ3) is 6.57. The number of morpholine rings is 1. The summed E-state index contributed by atoms with van der Waals surface area (Å²) in [6.45, 7) is -0.0135. The first kappa shape index (κ1) is 16.5. The number of nitrogens with zero attached hydrogens (tertiary/aromatic N) is 1. The van der Waals surface area contributed by atoms with Gasteiger partial charge >= 0.3 is 12.3 Å². The molecule has 0 aromatic rings. The largest absolute Gasteiger partial charge is 0.440 e. The Morgan fingerprint density at radius 1 is 1.45 bits per heavy atom. The maximum Gasteiger partial charge on any atom is 0.422 e. The van der Waals surface area contributed by atoms with Crippen LogP contribution < -0.4 is 11.1 Å². The molecular weight excluding hydrogens is 283 g/mol. The number of hydrogen-bond donors (Lipinski definition) is 2. The molecule has 2 amide bonds. The Balaban J connectivity index is 2.17. The zero-order valence-electron chi connectivity index (χ0n) is 10.6. The lowest BCUT2D eigenvalue weighted by Crippen LogP contribution is -2.50. The Morgan fingerprint density at radius 2 is 2.15 bits per heavy atom. The molecule has 0 bridgehead atoms. The highest BCUT2D eigenvalue weighted by molar-refractivity contribution is 5.79. The van der Waals surface area contributed by atoms with Crippen LogP contribution in [-0.2, 0) is 14.3 Å². The minimum absolute atomic E-state index is 0.0994. The highest BCUT2D eigenvalue weighted by atomic mass is 19.4. The fraction of sp³-hybridized carbons (Fsp3) is 0.800. The van der Waals surface area contributed by atoms with Gasteiger partial charge in [0, 0.05) is 26.2 Å². The minimum Gasteiger partial charge on any atom is -0.440 e. The SMILES string of the molecule is NC(=O)[C@@H]1CN(CCNC(=O)OCC(F)(F)F)CCO1. The zero-order valence-corrected chi connectivity index (χ0v) is 10.6. The van der Waals surface area contributed by atoms with Crippen molar-refractivity contribution >= 4 is 12.0 Å². The first-order chi connectivity index (χ1) is 9.28. The number of carbonyl (C=O) groups excluding carboxylic acids is 2. The van der Waals surface area contributed by atoms with E-state index in [0.717, 1.165) is 0 Å². The van der Waals surface area contributed by atoms with E-state index >= 15 is 0 Å². The first-order valence-electron chi connectivity index (χ1n) is 5.88. The van der Waals surface area contributed by atoms with Crippen LogP contribution in [0.15, 0.2) is 0 Å². The number of primary amides is 1. The van der Waals surface area contributed by atoms with E-state index in [9.17, 15) is 22.8 Å². The van der Waals surface area contributed by atoms with Crippen LogP contribution >= 0.6 is 0 Å². The van der Waals surface area contributed by atoms with Gasteiger partial charge in [0.15, 0.2) is 6.61 Å². The van der Waals surface area contributed by atoms with Crippen LogP contribution in [0.1, 0.15) is 0 Å². The summed E-state index contributed by atoms with van der Waals surface area (Å²) in [7, 11) is 0. The van der Waals surface area contributed by atoms with Gasteiger partial charge < -0.3 is 20.5 Å². The van der Waals surface area contributed by atoms with Gasteiger partial charge in [0.1, 0.15) is 6.10 Å². The lowest BCUT2D eigenvalue weighted by molar-refractivity contribution is -0.160. The molecule has 0 aromatic carbocycles. The van der Waals surface area contributed by atoms with Gasteiger partial charge in [-0.15, -0.1) is 0 Å². The molecular formula is C10H16F3N3O4. The van der Waals surface area contributed by atoms with E-state index in [0.29, 0.717) is 19.7 Å². The normalized spacial score (nSPS) is 20.4. The number of alkyl halides is 3. The fourth-order valence-corrected chi connectivity index (χ4v) is 1.59. The Hall–Kier alpha value is -1.55. The molecule has 1 heterocycles. The number of nitrogens with one attached hydrogen (secondary N) is 1. The number of amides is 2. The molecule has 0 saturated carbocycles. The van der Waals surface area contributed by atoms with Gasteiger partial charge in [-0.2, -0.15) is 13.2 Å². The Bertz CT molecular complexity index is 351. The van der Waals surface area contributed by atoms with Crippen molar-refractivity contribution in [3.63, 3.8) is 0 Å². The van der Waals surface area contributed by atoms with Crippen molar-refractivity contribution in [2.24, 2.45) is 5.73 Å². The monoisotopic (exact) mass is 299 g/mol. The van der Waals surface area contributed by atoms with Crippen molar-refractivity contribution in [1.29, 1.82) is 0 Å². The van der Waals surface area contributed by atoms with Crippen molar-refractivity contribution in [1.82, 2.24) is 10.2 Å². The zero-order chi connectivity index (χ0) is 15.2. The molecule has 0 aliphatic carbocycles. The smallest absolute Gasteiger partial charge is 0.422 e. The Labute approximate surface area is 113 Å². The van der Waals surface area contributed by atoms with Gasteiger partial charge in [-0.3, -0.25) is 9.69 Å². The fourth-order valence-electron chi connectivity index (χ4n) is 1.59. The van der Waals surface area contributed by atoms with E-state index in [2.05, 4.69) is 10.1 Å². The molecule has 1 atom stereocenters. The molecule has 20 heavy (non-hydrogen) atoms. The van der Waals surface area contributed by atoms with Crippen LogP contribution in [0.4, 0.5) is 18.0 Å². The second kappa shape index (κ2) is 7.29. The van der Waals surface area contributed by atoms with Crippen molar-refractivity contribution in [2.45, 2.75) is 12.3 Å². The molecule has 1 fully saturated rings. The van der Waals surface area contributed by atoms with E-state index in [4.69, 9.17) is 10.5 Å². The van der Waals surface area contributed by atoms with Crippen LogP contribution in [0.3, 0.4) is 0 Å². The molecule has 10 heteroatoms. The average molecular weight is 299 g/mol. The van der Waals surface area contributed by atoms with Crippen LogP contribution in [0.5, 0.6) is 0 Å². The lowest BCUT2D eigenvalue weighted by atomic mass is 10.2. The molecule has 3 N–H and O–H groups in total. The first-order valence-corrected chi connectivity index (χ1v) is 5.88. The quantitative estimate of drug-likeness (QED) is 0.711. The molecule has 0 unspecified atom stereocenters. The lowest BCUT2D eigenvalue weighted by Gasteiger charge is -2.31.